The largest absolute Gasteiger partial charge is 0.388 e. The van der Waals surface area contributed by atoms with E-state index in [1.54, 1.807) is 12.5 Å². The first-order chi connectivity index (χ1) is 7.84. The highest BCUT2D eigenvalue weighted by atomic mass is 16.3. The number of aliphatic hydroxyl groups excluding tert-OH is 1. The van der Waals surface area contributed by atoms with Crippen molar-refractivity contribution < 1.29 is 5.11 Å². The second-order valence-corrected chi connectivity index (χ2v) is 4.34. The van der Waals surface area contributed by atoms with Crippen molar-refractivity contribution >= 4 is 0 Å². The van der Waals surface area contributed by atoms with Crippen LogP contribution in [-0.2, 0) is 0 Å². The van der Waals surface area contributed by atoms with E-state index >= 15 is 0 Å². The van der Waals surface area contributed by atoms with E-state index in [2.05, 4.69) is 4.98 Å². The molecule has 0 amide bonds. The van der Waals surface area contributed by atoms with Crippen LogP contribution in [-0.4, -0.2) is 14.7 Å². The van der Waals surface area contributed by atoms with Crippen LogP contribution in [0.25, 0.3) is 5.69 Å². The fraction of sp³-hybridized carbons (Fsp3) is 0.308. The lowest BCUT2D eigenvalue weighted by atomic mass is 10.1. The Morgan fingerprint density at radius 1 is 1.25 bits per heavy atom. The molecule has 1 aromatic heterocycles. The summed E-state index contributed by atoms with van der Waals surface area (Å²) in [4.78, 5) is 4.01. The van der Waals surface area contributed by atoms with E-state index in [-0.39, 0.29) is 6.10 Å². The number of hydrogen-bond acceptors (Lipinski definition) is 2. The van der Waals surface area contributed by atoms with Gasteiger partial charge in [-0.3, -0.25) is 0 Å². The van der Waals surface area contributed by atoms with Crippen molar-refractivity contribution in [3.63, 3.8) is 0 Å². The average Bonchev–Trinajstić information content (AvgIpc) is 3.04. The predicted octanol–water partition coefficient (Wildman–Crippen LogP) is 2.32. The predicted molar refractivity (Wildman–Crippen MR) is 61.2 cm³/mol. The number of rotatable bonds is 3. The maximum Gasteiger partial charge on any atom is 0.0991 e. The minimum Gasteiger partial charge on any atom is -0.388 e. The molecule has 0 bridgehead atoms. The molecule has 3 rings (SSSR count). The van der Waals surface area contributed by atoms with Gasteiger partial charge < -0.3 is 9.67 Å². The normalized spacial score (nSPS) is 17.3. The fourth-order valence-corrected chi connectivity index (χ4v) is 1.94. The highest BCUT2D eigenvalue weighted by molar-refractivity contribution is 5.35. The van der Waals surface area contributed by atoms with Crippen molar-refractivity contribution in [3.05, 3.63) is 48.5 Å². The van der Waals surface area contributed by atoms with Crippen LogP contribution in [0.15, 0.2) is 43.0 Å². The molecule has 1 fully saturated rings. The minimum absolute atomic E-state index is 0.281. The van der Waals surface area contributed by atoms with Crippen LogP contribution in [0.5, 0.6) is 0 Å². The molecule has 0 spiro atoms. The molecule has 1 N–H and O–H groups in total. The molecule has 1 unspecified atom stereocenters. The van der Waals surface area contributed by atoms with Gasteiger partial charge in [0.1, 0.15) is 0 Å². The summed E-state index contributed by atoms with van der Waals surface area (Å²) < 4.78 is 1.95. The van der Waals surface area contributed by atoms with Crippen molar-refractivity contribution in [2.24, 2.45) is 5.92 Å². The maximum absolute atomic E-state index is 9.96. The Morgan fingerprint density at radius 2 is 2.00 bits per heavy atom. The highest BCUT2D eigenvalue weighted by Gasteiger charge is 2.30. The molecule has 3 heteroatoms. The molecule has 82 valence electrons. The van der Waals surface area contributed by atoms with Crippen molar-refractivity contribution in [1.29, 1.82) is 0 Å². The number of aliphatic hydroxyl groups is 1. The summed E-state index contributed by atoms with van der Waals surface area (Å²) in [5.41, 5.74) is 2.09. The smallest absolute Gasteiger partial charge is 0.0991 e. The number of nitrogens with zero attached hydrogens (tertiary/aromatic N) is 2. The first-order valence-electron chi connectivity index (χ1n) is 5.61. The third-order valence-corrected chi connectivity index (χ3v) is 3.11. The van der Waals surface area contributed by atoms with E-state index in [0.717, 1.165) is 24.1 Å². The third-order valence-electron chi connectivity index (χ3n) is 3.11. The summed E-state index contributed by atoms with van der Waals surface area (Å²) in [5, 5.41) is 9.96. The summed E-state index contributed by atoms with van der Waals surface area (Å²) in [6, 6.07) is 8.03. The van der Waals surface area contributed by atoms with Gasteiger partial charge in [0.2, 0.25) is 0 Å². The van der Waals surface area contributed by atoms with Gasteiger partial charge in [0, 0.05) is 18.1 Å². The monoisotopic (exact) mass is 214 g/mol. The molecule has 16 heavy (non-hydrogen) atoms. The van der Waals surface area contributed by atoms with Gasteiger partial charge in [-0.15, -0.1) is 0 Å². The Balaban J connectivity index is 1.84. The van der Waals surface area contributed by atoms with Crippen LogP contribution in [0.4, 0.5) is 0 Å². The van der Waals surface area contributed by atoms with Gasteiger partial charge >= 0.3 is 0 Å². The molecule has 1 heterocycles. The lowest BCUT2D eigenvalue weighted by Gasteiger charge is -2.10. The molecule has 2 aromatic rings. The molecular formula is C13H14N2O. The molecule has 1 aromatic carbocycles. The first-order valence-corrected chi connectivity index (χ1v) is 5.61. The van der Waals surface area contributed by atoms with Gasteiger partial charge in [-0.2, -0.15) is 0 Å². The Morgan fingerprint density at radius 3 is 2.56 bits per heavy atom. The SMILES string of the molecule is OC(c1ccc(-n2ccnc2)cc1)C1CC1. The number of aromatic nitrogens is 2. The molecule has 1 saturated carbocycles. The molecule has 0 radical (unpaired) electrons. The summed E-state index contributed by atoms with van der Waals surface area (Å²) in [6.07, 6.45) is 7.47. The van der Waals surface area contributed by atoms with Crippen molar-refractivity contribution in [3.8, 4) is 5.69 Å². The van der Waals surface area contributed by atoms with Gasteiger partial charge in [0.25, 0.3) is 0 Å². The van der Waals surface area contributed by atoms with E-state index in [1.165, 1.54) is 0 Å². The Bertz CT molecular complexity index is 457. The number of hydrogen-bond donors (Lipinski definition) is 1. The zero-order valence-electron chi connectivity index (χ0n) is 8.95. The third kappa shape index (κ3) is 1.74. The molecule has 1 aliphatic carbocycles. The van der Waals surface area contributed by atoms with E-state index in [1.807, 2.05) is 35.0 Å². The molecule has 3 nitrogen and oxygen atoms in total. The van der Waals surface area contributed by atoms with Crippen LogP contribution in [0.2, 0.25) is 0 Å². The molecule has 0 aliphatic heterocycles. The lowest BCUT2D eigenvalue weighted by molar-refractivity contribution is 0.154. The topological polar surface area (TPSA) is 38.0 Å². The number of imidazole rings is 1. The van der Waals surface area contributed by atoms with E-state index < -0.39 is 0 Å². The highest BCUT2D eigenvalue weighted by Crippen LogP contribution is 2.40. The van der Waals surface area contributed by atoms with E-state index in [0.29, 0.717) is 5.92 Å². The van der Waals surface area contributed by atoms with Gasteiger partial charge in [0.15, 0.2) is 0 Å². The van der Waals surface area contributed by atoms with Crippen molar-refractivity contribution in [2.45, 2.75) is 18.9 Å². The molecular weight excluding hydrogens is 200 g/mol. The van der Waals surface area contributed by atoms with Crippen LogP contribution in [0.1, 0.15) is 24.5 Å². The van der Waals surface area contributed by atoms with Gasteiger partial charge in [-0.25, -0.2) is 4.98 Å². The van der Waals surface area contributed by atoms with Crippen LogP contribution in [0.3, 0.4) is 0 Å². The zero-order valence-corrected chi connectivity index (χ0v) is 8.95. The minimum atomic E-state index is -0.281. The van der Waals surface area contributed by atoms with E-state index in [9.17, 15) is 5.11 Å². The molecule has 1 aliphatic rings. The quantitative estimate of drug-likeness (QED) is 0.851. The molecule has 1 atom stereocenters. The van der Waals surface area contributed by atoms with Crippen LogP contribution >= 0.6 is 0 Å². The average molecular weight is 214 g/mol. The summed E-state index contributed by atoms with van der Waals surface area (Å²) in [6.45, 7) is 0. The maximum atomic E-state index is 9.96. The number of benzene rings is 1. The van der Waals surface area contributed by atoms with Crippen molar-refractivity contribution in [1.82, 2.24) is 9.55 Å². The Kier molecular flexibility index (Phi) is 2.26. The Labute approximate surface area is 94.4 Å². The van der Waals surface area contributed by atoms with Crippen molar-refractivity contribution in [2.75, 3.05) is 0 Å². The second kappa shape index (κ2) is 3.76. The standard InChI is InChI=1S/C13H14N2O/c16-13(10-1-2-10)11-3-5-12(6-4-11)15-8-7-14-9-15/h3-10,13,16H,1-2H2. The fourth-order valence-electron chi connectivity index (χ4n) is 1.94. The summed E-state index contributed by atoms with van der Waals surface area (Å²) in [7, 11) is 0. The van der Waals surface area contributed by atoms with Gasteiger partial charge in [0.05, 0.1) is 12.4 Å². The summed E-state index contributed by atoms with van der Waals surface area (Å²) >= 11 is 0. The van der Waals surface area contributed by atoms with Crippen LogP contribution < -0.4 is 0 Å². The van der Waals surface area contributed by atoms with Gasteiger partial charge in [-0.1, -0.05) is 12.1 Å². The Hall–Kier alpha value is -1.61. The first kappa shape index (κ1) is 9.60. The zero-order chi connectivity index (χ0) is 11.0. The lowest BCUT2D eigenvalue weighted by Crippen LogP contribution is -1.99. The summed E-state index contributed by atoms with van der Waals surface area (Å²) in [5.74, 6) is 0.485. The van der Waals surface area contributed by atoms with E-state index in [4.69, 9.17) is 0 Å². The van der Waals surface area contributed by atoms with Gasteiger partial charge in [-0.05, 0) is 36.5 Å². The molecule has 0 saturated heterocycles. The second-order valence-electron chi connectivity index (χ2n) is 4.34. The van der Waals surface area contributed by atoms with Crippen LogP contribution in [0, 0.1) is 5.92 Å².